The Kier molecular flexibility index (Phi) is 4.55. The Hall–Kier alpha value is -1.63. The van der Waals surface area contributed by atoms with Gasteiger partial charge in [-0.05, 0) is 12.2 Å². The van der Waals surface area contributed by atoms with E-state index < -0.39 is 6.09 Å². The standard InChI is InChI=1S/C8H12N4O2S/c1-14-8(13)12-7(15)10-3-2-6-4-9-5-11-6/h4-5H,2-3H2,1H3,(H,9,11)(H2,10,12,13,15). The molecule has 0 aliphatic carbocycles. The summed E-state index contributed by atoms with van der Waals surface area (Å²) in [5.74, 6) is 0. The van der Waals surface area contributed by atoms with E-state index in [1.165, 1.54) is 7.11 Å². The number of carbonyl (C=O) groups is 1. The number of carbonyl (C=O) groups excluding carboxylic acids is 1. The first kappa shape index (κ1) is 11.4. The van der Waals surface area contributed by atoms with Crippen molar-refractivity contribution in [3.05, 3.63) is 18.2 Å². The van der Waals surface area contributed by atoms with E-state index in [0.717, 1.165) is 12.1 Å². The second kappa shape index (κ2) is 5.97. The van der Waals surface area contributed by atoms with E-state index in [1.807, 2.05) is 0 Å². The molecule has 0 radical (unpaired) electrons. The molecule has 82 valence electrons. The summed E-state index contributed by atoms with van der Waals surface area (Å²) < 4.78 is 4.38. The van der Waals surface area contributed by atoms with Gasteiger partial charge in [0.25, 0.3) is 0 Å². The molecule has 0 aliphatic rings. The zero-order chi connectivity index (χ0) is 11.1. The molecule has 1 amide bonds. The van der Waals surface area contributed by atoms with Crippen LogP contribution in [-0.2, 0) is 11.2 Å². The number of ether oxygens (including phenoxy) is 1. The van der Waals surface area contributed by atoms with Crippen molar-refractivity contribution < 1.29 is 9.53 Å². The van der Waals surface area contributed by atoms with Crippen LogP contribution in [0.5, 0.6) is 0 Å². The molecule has 0 saturated carbocycles. The first-order valence-corrected chi connectivity index (χ1v) is 4.73. The number of aromatic nitrogens is 2. The lowest BCUT2D eigenvalue weighted by Crippen LogP contribution is -2.39. The van der Waals surface area contributed by atoms with E-state index >= 15 is 0 Å². The van der Waals surface area contributed by atoms with Gasteiger partial charge in [-0.1, -0.05) is 0 Å². The Morgan fingerprint density at radius 2 is 2.53 bits per heavy atom. The van der Waals surface area contributed by atoms with Gasteiger partial charge in [-0.25, -0.2) is 9.78 Å². The third-order valence-electron chi connectivity index (χ3n) is 1.64. The molecule has 1 heterocycles. The largest absolute Gasteiger partial charge is 0.453 e. The van der Waals surface area contributed by atoms with Gasteiger partial charge in [0, 0.05) is 24.9 Å². The molecule has 0 spiro atoms. The molecule has 6 nitrogen and oxygen atoms in total. The highest BCUT2D eigenvalue weighted by molar-refractivity contribution is 7.80. The van der Waals surface area contributed by atoms with Crippen LogP contribution in [0.25, 0.3) is 0 Å². The van der Waals surface area contributed by atoms with Crippen LogP contribution < -0.4 is 10.6 Å². The molecule has 0 aromatic carbocycles. The quantitative estimate of drug-likeness (QED) is 0.643. The first-order chi connectivity index (χ1) is 7.22. The Morgan fingerprint density at radius 1 is 1.73 bits per heavy atom. The molecule has 1 rings (SSSR count). The fourth-order valence-electron chi connectivity index (χ4n) is 0.920. The van der Waals surface area contributed by atoms with E-state index in [2.05, 4.69) is 25.3 Å². The van der Waals surface area contributed by atoms with Crippen molar-refractivity contribution in [3.63, 3.8) is 0 Å². The Bertz CT molecular complexity index is 325. The first-order valence-electron chi connectivity index (χ1n) is 4.32. The van der Waals surface area contributed by atoms with E-state index in [1.54, 1.807) is 12.5 Å². The van der Waals surface area contributed by atoms with Gasteiger partial charge < -0.3 is 15.0 Å². The number of imidazole rings is 1. The highest BCUT2D eigenvalue weighted by atomic mass is 32.1. The van der Waals surface area contributed by atoms with Gasteiger partial charge in [0.1, 0.15) is 0 Å². The average molecular weight is 228 g/mol. The Labute approximate surface area is 92.4 Å². The molecule has 1 aromatic rings. The normalized spacial score (nSPS) is 9.40. The maximum Gasteiger partial charge on any atom is 0.413 e. The number of amides is 1. The van der Waals surface area contributed by atoms with E-state index in [9.17, 15) is 4.79 Å². The zero-order valence-electron chi connectivity index (χ0n) is 8.24. The van der Waals surface area contributed by atoms with Crippen molar-refractivity contribution in [2.45, 2.75) is 6.42 Å². The third kappa shape index (κ3) is 4.41. The minimum atomic E-state index is -0.575. The van der Waals surface area contributed by atoms with Crippen LogP contribution in [-0.4, -0.2) is 34.8 Å². The summed E-state index contributed by atoms with van der Waals surface area (Å²) in [5.41, 5.74) is 1.00. The van der Waals surface area contributed by atoms with Gasteiger partial charge in [-0.3, -0.25) is 5.32 Å². The number of thiocarbonyl (C=S) groups is 1. The van der Waals surface area contributed by atoms with Crippen LogP contribution in [0, 0.1) is 0 Å². The monoisotopic (exact) mass is 228 g/mol. The minimum Gasteiger partial charge on any atom is -0.453 e. The number of hydrogen-bond donors (Lipinski definition) is 3. The molecule has 15 heavy (non-hydrogen) atoms. The number of hydrogen-bond acceptors (Lipinski definition) is 4. The van der Waals surface area contributed by atoms with Crippen molar-refractivity contribution >= 4 is 23.4 Å². The van der Waals surface area contributed by atoms with Gasteiger partial charge in [0.05, 0.1) is 13.4 Å². The molecule has 0 fully saturated rings. The van der Waals surface area contributed by atoms with Crippen molar-refractivity contribution in [2.24, 2.45) is 0 Å². The summed E-state index contributed by atoms with van der Waals surface area (Å²) in [5, 5.41) is 5.45. The Balaban J connectivity index is 2.15. The molecule has 0 atom stereocenters. The topological polar surface area (TPSA) is 79.0 Å². The lowest BCUT2D eigenvalue weighted by molar-refractivity contribution is 0.176. The molecule has 0 saturated heterocycles. The number of rotatable bonds is 3. The van der Waals surface area contributed by atoms with E-state index in [0.29, 0.717) is 6.54 Å². The van der Waals surface area contributed by atoms with Crippen LogP contribution in [0.2, 0.25) is 0 Å². The Morgan fingerprint density at radius 3 is 3.13 bits per heavy atom. The van der Waals surface area contributed by atoms with Crippen LogP contribution in [0.4, 0.5) is 4.79 Å². The van der Waals surface area contributed by atoms with Crippen molar-refractivity contribution in [1.29, 1.82) is 0 Å². The van der Waals surface area contributed by atoms with Crippen LogP contribution in [0.15, 0.2) is 12.5 Å². The predicted octanol–water partition coefficient (Wildman–Crippen LogP) is 0.183. The molecule has 3 N–H and O–H groups in total. The molecular weight excluding hydrogens is 216 g/mol. The maximum absolute atomic E-state index is 10.7. The van der Waals surface area contributed by atoms with Crippen molar-refractivity contribution in [2.75, 3.05) is 13.7 Å². The second-order valence-electron chi connectivity index (χ2n) is 2.70. The van der Waals surface area contributed by atoms with Crippen LogP contribution >= 0.6 is 12.2 Å². The van der Waals surface area contributed by atoms with Crippen molar-refractivity contribution in [3.8, 4) is 0 Å². The third-order valence-corrected chi connectivity index (χ3v) is 1.88. The lowest BCUT2D eigenvalue weighted by atomic mass is 10.3. The molecule has 0 aliphatic heterocycles. The summed E-state index contributed by atoms with van der Waals surface area (Å²) in [7, 11) is 1.28. The molecular formula is C8H12N4O2S. The van der Waals surface area contributed by atoms with Gasteiger partial charge in [-0.2, -0.15) is 0 Å². The van der Waals surface area contributed by atoms with E-state index in [4.69, 9.17) is 12.2 Å². The van der Waals surface area contributed by atoms with Crippen LogP contribution in [0.3, 0.4) is 0 Å². The minimum absolute atomic E-state index is 0.251. The predicted molar refractivity (Wildman–Crippen MR) is 58.4 cm³/mol. The van der Waals surface area contributed by atoms with E-state index in [-0.39, 0.29) is 5.11 Å². The molecule has 0 unspecified atom stereocenters. The second-order valence-corrected chi connectivity index (χ2v) is 3.11. The maximum atomic E-state index is 10.7. The highest BCUT2D eigenvalue weighted by Crippen LogP contribution is 1.90. The summed E-state index contributed by atoms with van der Waals surface area (Å²) in [4.78, 5) is 17.6. The van der Waals surface area contributed by atoms with Crippen molar-refractivity contribution in [1.82, 2.24) is 20.6 Å². The number of methoxy groups -OCH3 is 1. The zero-order valence-corrected chi connectivity index (χ0v) is 9.06. The fraction of sp³-hybridized carbons (Fsp3) is 0.375. The summed E-state index contributed by atoms with van der Waals surface area (Å²) in [6.07, 6.45) is 3.52. The number of nitrogens with one attached hydrogen (secondary N) is 3. The number of aromatic amines is 1. The van der Waals surface area contributed by atoms with Gasteiger partial charge in [-0.15, -0.1) is 0 Å². The van der Waals surface area contributed by atoms with Gasteiger partial charge >= 0.3 is 6.09 Å². The van der Waals surface area contributed by atoms with Crippen LogP contribution in [0.1, 0.15) is 5.69 Å². The molecule has 0 bridgehead atoms. The van der Waals surface area contributed by atoms with Gasteiger partial charge in [0.15, 0.2) is 5.11 Å². The summed E-state index contributed by atoms with van der Waals surface area (Å²) in [6.45, 7) is 0.616. The fourth-order valence-corrected chi connectivity index (χ4v) is 1.11. The number of H-pyrrole nitrogens is 1. The summed E-state index contributed by atoms with van der Waals surface area (Å²) in [6, 6.07) is 0. The molecule has 1 aromatic heterocycles. The lowest BCUT2D eigenvalue weighted by Gasteiger charge is -2.07. The number of alkyl carbamates (subject to hydrolysis) is 1. The summed E-state index contributed by atoms with van der Waals surface area (Å²) >= 11 is 4.84. The smallest absolute Gasteiger partial charge is 0.413 e. The van der Waals surface area contributed by atoms with Gasteiger partial charge in [0.2, 0.25) is 0 Å². The molecule has 7 heteroatoms. The number of nitrogens with zero attached hydrogens (tertiary/aromatic N) is 1. The SMILES string of the molecule is COC(=O)NC(=S)NCCc1cnc[nH]1. The highest BCUT2D eigenvalue weighted by Gasteiger charge is 2.02. The average Bonchev–Trinajstić information content (AvgIpc) is 2.70.